The number of hydrogen-bond donors (Lipinski definition) is 0. The Bertz CT molecular complexity index is 753. The molecule has 0 fully saturated rings. The van der Waals surface area contributed by atoms with Crippen molar-refractivity contribution in [2.45, 2.75) is 32.6 Å². The molecular formula is C21H26O5. The lowest BCUT2D eigenvalue weighted by molar-refractivity contribution is -0.161. The number of Topliss-reactive ketones (excluding diaryl/α,β-unsaturated/α-hetero) is 1. The van der Waals surface area contributed by atoms with Crippen molar-refractivity contribution in [3.63, 3.8) is 0 Å². The van der Waals surface area contributed by atoms with Crippen LogP contribution in [0.3, 0.4) is 0 Å². The first kappa shape index (κ1) is 19.9. The summed E-state index contributed by atoms with van der Waals surface area (Å²) < 4.78 is 15.0. The van der Waals surface area contributed by atoms with Crippen LogP contribution >= 0.6 is 0 Å². The second-order valence-electron chi connectivity index (χ2n) is 6.28. The normalized spacial score (nSPS) is 12.0. The van der Waals surface area contributed by atoms with Gasteiger partial charge in [-0.15, -0.1) is 0 Å². The van der Waals surface area contributed by atoms with E-state index in [1.54, 1.807) is 7.11 Å². The fraction of sp³-hybridized carbons (Fsp3) is 0.429. The van der Waals surface area contributed by atoms with E-state index in [9.17, 15) is 9.59 Å². The maximum absolute atomic E-state index is 11.9. The second kappa shape index (κ2) is 9.92. The number of carbonyl (C=O) groups excluding carboxylic acids is 2. The summed E-state index contributed by atoms with van der Waals surface area (Å²) in [5.74, 6) is -0.546. The zero-order chi connectivity index (χ0) is 18.9. The van der Waals surface area contributed by atoms with E-state index in [2.05, 4.69) is 18.2 Å². The Morgan fingerprint density at radius 2 is 1.88 bits per heavy atom. The standard InChI is InChI=1S/C21H26O5/c1-15(22)19(21(23)26-14-24-2)10-5-4-7-16-8-6-9-17-11-12-18(25-3)13-20(16)17/h6,8-9,11-13,19H,4-5,7,10,14H2,1-3H3. The fourth-order valence-corrected chi connectivity index (χ4v) is 3.03. The minimum atomic E-state index is -0.710. The Labute approximate surface area is 154 Å². The van der Waals surface area contributed by atoms with Crippen molar-refractivity contribution in [3.05, 3.63) is 42.0 Å². The van der Waals surface area contributed by atoms with E-state index in [0.29, 0.717) is 6.42 Å². The van der Waals surface area contributed by atoms with E-state index in [1.165, 1.54) is 30.4 Å². The quantitative estimate of drug-likeness (QED) is 0.279. The van der Waals surface area contributed by atoms with Crippen LogP contribution in [0.1, 0.15) is 31.7 Å². The minimum absolute atomic E-state index is 0.125. The number of hydrogen-bond acceptors (Lipinski definition) is 5. The molecule has 0 aliphatic rings. The van der Waals surface area contributed by atoms with Crippen LogP contribution in [0.15, 0.2) is 36.4 Å². The molecule has 2 aromatic carbocycles. The highest BCUT2D eigenvalue weighted by atomic mass is 16.7. The van der Waals surface area contributed by atoms with Gasteiger partial charge in [0.05, 0.1) is 7.11 Å². The van der Waals surface area contributed by atoms with Crippen LogP contribution in [-0.4, -0.2) is 32.8 Å². The summed E-state index contributed by atoms with van der Waals surface area (Å²) in [6.45, 7) is 1.30. The van der Waals surface area contributed by atoms with Gasteiger partial charge in [-0.2, -0.15) is 0 Å². The van der Waals surface area contributed by atoms with Gasteiger partial charge in [-0.1, -0.05) is 30.7 Å². The molecule has 0 spiro atoms. The predicted octanol–water partition coefficient (Wildman–Crippen LogP) is 3.91. The molecule has 0 radical (unpaired) electrons. The van der Waals surface area contributed by atoms with Crippen LogP contribution in [0.4, 0.5) is 0 Å². The third kappa shape index (κ3) is 5.30. The van der Waals surface area contributed by atoms with E-state index in [-0.39, 0.29) is 12.6 Å². The molecule has 0 bridgehead atoms. The van der Waals surface area contributed by atoms with Gasteiger partial charge in [-0.05, 0) is 54.7 Å². The molecule has 0 aliphatic heterocycles. The maximum atomic E-state index is 11.9. The maximum Gasteiger partial charge on any atom is 0.318 e. The SMILES string of the molecule is COCOC(=O)C(CCCCc1cccc2ccc(OC)cc12)C(C)=O. The van der Waals surface area contributed by atoms with Crippen molar-refractivity contribution in [1.29, 1.82) is 0 Å². The molecule has 0 heterocycles. The van der Waals surface area contributed by atoms with Crippen LogP contribution < -0.4 is 4.74 Å². The second-order valence-corrected chi connectivity index (χ2v) is 6.28. The molecule has 26 heavy (non-hydrogen) atoms. The first-order chi connectivity index (χ1) is 12.6. The molecule has 0 aliphatic carbocycles. The Morgan fingerprint density at radius 1 is 1.08 bits per heavy atom. The van der Waals surface area contributed by atoms with Crippen molar-refractivity contribution in [3.8, 4) is 5.75 Å². The molecule has 0 saturated carbocycles. The number of unbranched alkanes of at least 4 members (excludes halogenated alkanes) is 1. The van der Waals surface area contributed by atoms with Crippen LogP contribution in [-0.2, 0) is 25.5 Å². The van der Waals surface area contributed by atoms with Crippen LogP contribution in [0.5, 0.6) is 5.75 Å². The largest absolute Gasteiger partial charge is 0.497 e. The van der Waals surface area contributed by atoms with Crippen LogP contribution in [0, 0.1) is 5.92 Å². The first-order valence-electron chi connectivity index (χ1n) is 8.78. The average molecular weight is 358 g/mol. The summed E-state index contributed by atoms with van der Waals surface area (Å²) in [5, 5.41) is 2.35. The van der Waals surface area contributed by atoms with E-state index in [0.717, 1.165) is 25.0 Å². The summed E-state index contributed by atoms with van der Waals surface area (Å²) in [4.78, 5) is 23.6. The molecule has 5 nitrogen and oxygen atoms in total. The number of benzene rings is 2. The summed E-state index contributed by atoms with van der Waals surface area (Å²) in [6.07, 6.45) is 3.03. The number of fused-ring (bicyclic) bond motifs is 1. The molecule has 0 saturated heterocycles. The van der Waals surface area contributed by atoms with Gasteiger partial charge in [0, 0.05) is 7.11 Å². The van der Waals surface area contributed by atoms with Crippen molar-refractivity contribution in [2.75, 3.05) is 21.0 Å². The lowest BCUT2D eigenvalue weighted by atomic mass is 9.95. The molecular weight excluding hydrogens is 332 g/mol. The van der Waals surface area contributed by atoms with Gasteiger partial charge < -0.3 is 14.2 Å². The van der Waals surface area contributed by atoms with Gasteiger partial charge in [0.25, 0.3) is 0 Å². The first-order valence-corrected chi connectivity index (χ1v) is 8.78. The van der Waals surface area contributed by atoms with Crippen LogP contribution in [0.2, 0.25) is 0 Å². The Hall–Kier alpha value is -2.40. The average Bonchev–Trinajstić information content (AvgIpc) is 2.65. The number of methoxy groups -OCH3 is 2. The third-order valence-corrected chi connectivity index (χ3v) is 4.46. The Balaban J connectivity index is 1.95. The van der Waals surface area contributed by atoms with Crippen molar-refractivity contribution in [2.24, 2.45) is 5.92 Å². The van der Waals surface area contributed by atoms with E-state index < -0.39 is 11.9 Å². The molecule has 1 unspecified atom stereocenters. The van der Waals surface area contributed by atoms with Gasteiger partial charge in [-0.25, -0.2) is 0 Å². The fourth-order valence-electron chi connectivity index (χ4n) is 3.03. The Kier molecular flexibility index (Phi) is 7.60. The lowest BCUT2D eigenvalue weighted by Crippen LogP contribution is -2.25. The molecule has 140 valence electrons. The summed E-state index contributed by atoms with van der Waals surface area (Å²) in [6, 6.07) is 12.3. The van der Waals surface area contributed by atoms with E-state index in [1.807, 2.05) is 18.2 Å². The Morgan fingerprint density at radius 3 is 2.58 bits per heavy atom. The van der Waals surface area contributed by atoms with E-state index >= 15 is 0 Å². The molecule has 0 amide bonds. The molecule has 2 rings (SSSR count). The number of carbonyl (C=O) groups is 2. The summed E-state index contributed by atoms with van der Waals surface area (Å²) in [7, 11) is 3.10. The number of esters is 1. The number of rotatable bonds is 10. The predicted molar refractivity (Wildman–Crippen MR) is 100 cm³/mol. The summed E-state index contributed by atoms with van der Waals surface area (Å²) in [5.41, 5.74) is 1.24. The van der Waals surface area contributed by atoms with Crippen molar-refractivity contribution < 1.29 is 23.8 Å². The van der Waals surface area contributed by atoms with Gasteiger partial charge >= 0.3 is 5.97 Å². The van der Waals surface area contributed by atoms with Crippen molar-refractivity contribution >= 4 is 22.5 Å². The molecule has 0 N–H and O–H groups in total. The molecule has 5 heteroatoms. The number of aryl methyl sites for hydroxylation is 1. The molecule has 2 aromatic rings. The highest BCUT2D eigenvalue weighted by molar-refractivity contribution is 5.97. The van der Waals surface area contributed by atoms with E-state index in [4.69, 9.17) is 14.2 Å². The molecule has 0 aromatic heterocycles. The monoisotopic (exact) mass is 358 g/mol. The highest BCUT2D eigenvalue weighted by Crippen LogP contribution is 2.25. The number of ether oxygens (including phenoxy) is 3. The zero-order valence-electron chi connectivity index (χ0n) is 15.6. The lowest BCUT2D eigenvalue weighted by Gasteiger charge is -2.13. The zero-order valence-corrected chi connectivity index (χ0v) is 15.6. The topological polar surface area (TPSA) is 61.8 Å². The number of ketones is 1. The van der Waals surface area contributed by atoms with Gasteiger partial charge in [0.15, 0.2) is 6.79 Å². The third-order valence-electron chi connectivity index (χ3n) is 4.46. The molecule has 1 atom stereocenters. The van der Waals surface area contributed by atoms with Gasteiger partial charge in [-0.3, -0.25) is 9.59 Å². The van der Waals surface area contributed by atoms with Crippen LogP contribution in [0.25, 0.3) is 10.8 Å². The highest BCUT2D eigenvalue weighted by Gasteiger charge is 2.24. The minimum Gasteiger partial charge on any atom is -0.497 e. The van der Waals surface area contributed by atoms with Gasteiger partial charge in [0.2, 0.25) is 0 Å². The van der Waals surface area contributed by atoms with Gasteiger partial charge in [0.1, 0.15) is 17.5 Å². The van der Waals surface area contributed by atoms with Crippen molar-refractivity contribution in [1.82, 2.24) is 0 Å². The summed E-state index contributed by atoms with van der Waals surface area (Å²) >= 11 is 0. The smallest absolute Gasteiger partial charge is 0.318 e.